The van der Waals surface area contributed by atoms with Crippen molar-refractivity contribution in [3.05, 3.63) is 0 Å². The molecular weight excluding hydrogens is 1150 g/mol. The van der Waals surface area contributed by atoms with Gasteiger partial charge in [-0.25, -0.2) is 0 Å². The Bertz CT molecular complexity index is 1200. The molecule has 0 aliphatic carbocycles. The minimum Gasteiger partial charge on any atom is -0.778 e. The van der Waals surface area contributed by atoms with Gasteiger partial charge < -0.3 is 41.9 Å². The monoisotopic (exact) mass is 1300 g/mol. The first-order valence-electron chi connectivity index (χ1n) is 37.7. The van der Waals surface area contributed by atoms with E-state index in [4.69, 9.17) is 13.6 Å². The molecule has 0 N–H and O–H groups in total. The van der Waals surface area contributed by atoms with Crippen LogP contribution in [0.25, 0.3) is 0 Å². The van der Waals surface area contributed by atoms with E-state index in [0.29, 0.717) is 19.8 Å². The summed E-state index contributed by atoms with van der Waals surface area (Å²) in [5, 5.41) is 0. The maximum Gasteiger partial charge on any atom is 3.00 e. The van der Waals surface area contributed by atoms with Crippen molar-refractivity contribution in [2.75, 3.05) is 38.3 Å². The van der Waals surface area contributed by atoms with E-state index in [1.54, 1.807) is 0 Å². The molecule has 0 saturated carbocycles. The summed E-state index contributed by atoms with van der Waals surface area (Å²) in [5.41, 5.74) is 0. The van der Waals surface area contributed by atoms with Crippen LogP contribution in [0.5, 0.6) is 0 Å². The molecule has 3 atom stereocenters. The molecule has 0 fully saturated rings. The number of unbranched alkanes of at least 4 members (excludes halogenated alkanes) is 54. The third-order valence-electron chi connectivity index (χ3n) is 16.7. The van der Waals surface area contributed by atoms with E-state index in [9.17, 15) is 28.4 Å². The van der Waals surface area contributed by atoms with Gasteiger partial charge in [0.1, 0.15) is 22.8 Å². The largest absolute Gasteiger partial charge is 3.00 e. The average molecular weight is 1300 g/mol. The van der Waals surface area contributed by atoms with Crippen LogP contribution in [0.2, 0.25) is 0 Å². The van der Waals surface area contributed by atoms with Crippen LogP contribution in [-0.2, 0) is 44.6 Å². The molecule has 0 aromatic carbocycles. The van der Waals surface area contributed by atoms with Gasteiger partial charge >= 0.3 is 17.4 Å². The Balaban J connectivity index is -0.000000576. The Hall–Kier alpha value is 0.982. The molecule has 0 aliphatic rings. The first-order valence-corrected chi connectivity index (χ1v) is 42.9. The first-order chi connectivity index (χ1) is 40.9. The Morgan fingerprint density at radius 3 is 0.424 bits per heavy atom. The third kappa shape index (κ3) is 87.1. The van der Waals surface area contributed by atoms with Crippen molar-refractivity contribution in [2.24, 2.45) is 0 Å². The second-order valence-corrected chi connectivity index (χ2v) is 31.4. The summed E-state index contributed by atoms with van der Waals surface area (Å²) >= 11 is 0. The fraction of sp³-hybridized carbons (Fsp3) is 1.00. The molecule has 85 heavy (non-hydrogen) atoms. The van der Waals surface area contributed by atoms with Gasteiger partial charge in [-0.05, 0) is 38.5 Å². The van der Waals surface area contributed by atoms with E-state index in [0.717, 1.165) is 96.3 Å². The summed E-state index contributed by atoms with van der Waals surface area (Å²) in [6, 6.07) is 0. The van der Waals surface area contributed by atoms with Crippen LogP contribution in [0.1, 0.15) is 427 Å². The van der Waals surface area contributed by atoms with Gasteiger partial charge in [-0.3, -0.25) is 0 Å². The predicted molar refractivity (Wildman–Crippen MR) is 366 cm³/mol. The minimum absolute atomic E-state index is 0. The van der Waals surface area contributed by atoms with Crippen LogP contribution in [0.3, 0.4) is 0 Å². The van der Waals surface area contributed by atoms with Crippen molar-refractivity contribution >= 4 is 22.8 Å². The van der Waals surface area contributed by atoms with Crippen LogP contribution in [0, 0.1) is 0 Å². The molecule has 0 bridgehead atoms. The van der Waals surface area contributed by atoms with Gasteiger partial charge in [0.2, 0.25) is 0 Å². The van der Waals surface area contributed by atoms with Gasteiger partial charge in [-0.15, -0.1) is 0 Å². The minimum atomic E-state index is -3.59. The van der Waals surface area contributed by atoms with E-state index in [2.05, 4.69) is 41.5 Å². The van der Waals surface area contributed by atoms with Gasteiger partial charge in [0.05, 0.1) is 19.8 Å². The summed E-state index contributed by atoms with van der Waals surface area (Å²) in [6.07, 6.45) is 74.9. The van der Waals surface area contributed by atoms with Crippen molar-refractivity contribution in [3.63, 3.8) is 0 Å². The van der Waals surface area contributed by atoms with Gasteiger partial charge in [0, 0.05) is 18.5 Å². The van der Waals surface area contributed by atoms with Crippen molar-refractivity contribution in [1.82, 2.24) is 0 Å². The molecule has 0 aromatic rings. The molecule has 513 valence electrons. The van der Waals surface area contributed by atoms with Crippen LogP contribution in [0.15, 0.2) is 0 Å². The maximum atomic E-state index is 11.9. The van der Waals surface area contributed by atoms with Gasteiger partial charge in [-0.2, -0.15) is 0 Å². The fourth-order valence-electron chi connectivity index (χ4n) is 11.0. The molecule has 1 radical (unpaired) electrons. The molecule has 0 aliphatic heterocycles. The van der Waals surface area contributed by atoms with Crippen molar-refractivity contribution in [1.29, 1.82) is 0 Å². The molecule has 3 unspecified atom stereocenters. The summed E-state index contributed by atoms with van der Waals surface area (Å²) < 4.78 is 51.3. The summed E-state index contributed by atoms with van der Waals surface area (Å²) in [7, 11) is -10.8. The van der Waals surface area contributed by atoms with E-state index < -0.39 is 22.8 Å². The third-order valence-corrected chi connectivity index (χ3v) is 21.0. The Labute approximate surface area is 544 Å². The Kier molecular flexibility index (Phi) is 84.2. The fourth-order valence-corrected chi connectivity index (χ4v) is 14.4. The number of hydrogen-bond acceptors (Lipinski definition) is 9. The van der Waals surface area contributed by atoms with E-state index in [-0.39, 0.29) is 35.8 Å². The van der Waals surface area contributed by atoms with Crippen LogP contribution in [-0.4, -0.2) is 38.3 Å². The summed E-state index contributed by atoms with van der Waals surface area (Å²) in [6.45, 7) is 14.6. The Morgan fingerprint density at radius 1 is 0.188 bits per heavy atom. The standard InChI is InChI=1S/3C24H51O3P.Cr/c3*1-3-5-7-9-11-13-15-17-19-21-23-27-28(25,26)24-22-20-18-16-14-12-10-8-6-4-2;/h3*3-24H2,1-2H3,(H,25,26);/q;;;+3/p-3. The molecule has 0 saturated heterocycles. The first kappa shape index (κ1) is 92.4. The summed E-state index contributed by atoms with van der Waals surface area (Å²) in [5.74, 6) is 0. The molecule has 9 nitrogen and oxygen atoms in total. The van der Waals surface area contributed by atoms with E-state index >= 15 is 0 Å². The van der Waals surface area contributed by atoms with E-state index in [1.807, 2.05) is 0 Å². The molecule has 0 rings (SSSR count). The predicted octanol–water partition coefficient (Wildman–Crippen LogP) is 25.2. The van der Waals surface area contributed by atoms with Gasteiger partial charge in [0.15, 0.2) is 0 Å². The SMILES string of the molecule is CCCCCCCCCCCCOP(=O)([O-])CCCCCCCCCCCC.CCCCCCCCCCCCOP(=O)([O-])CCCCCCCCCCCC.CCCCCCCCCCCCOP(=O)([O-])CCCCCCCCCCCC.[Cr+3]. The van der Waals surface area contributed by atoms with Crippen LogP contribution in [0.4, 0.5) is 0 Å². The second-order valence-electron chi connectivity index (χ2n) is 25.6. The average Bonchev–Trinajstić information content (AvgIpc) is 3.52. The number of rotatable bonds is 69. The zero-order chi connectivity index (χ0) is 62.3. The second kappa shape index (κ2) is 77.4. The smallest absolute Gasteiger partial charge is 0.778 e. The van der Waals surface area contributed by atoms with E-state index in [1.165, 1.54) is 289 Å². The van der Waals surface area contributed by atoms with Crippen LogP contribution < -0.4 is 14.7 Å². The zero-order valence-corrected chi connectivity index (χ0v) is 62.1. The normalized spacial score (nSPS) is 13.5. The quantitative estimate of drug-likeness (QED) is 0.0429. The molecule has 13 heteroatoms. The number of hydrogen-bond donors (Lipinski definition) is 0. The molecule has 0 aromatic heterocycles. The molecular formula is C72H150CrO9P3. The Morgan fingerprint density at radius 2 is 0.294 bits per heavy atom. The van der Waals surface area contributed by atoms with Crippen molar-refractivity contribution in [3.8, 4) is 0 Å². The van der Waals surface area contributed by atoms with Crippen molar-refractivity contribution in [2.45, 2.75) is 427 Å². The molecule has 0 spiro atoms. The van der Waals surface area contributed by atoms with Crippen molar-refractivity contribution < 1.29 is 59.3 Å². The van der Waals surface area contributed by atoms with Gasteiger partial charge in [0.25, 0.3) is 0 Å². The maximum absolute atomic E-state index is 11.9. The molecule has 0 heterocycles. The van der Waals surface area contributed by atoms with Crippen LogP contribution >= 0.6 is 22.8 Å². The topological polar surface area (TPSA) is 148 Å². The molecule has 0 amide bonds. The van der Waals surface area contributed by atoms with Gasteiger partial charge in [-0.1, -0.05) is 388 Å². The summed E-state index contributed by atoms with van der Waals surface area (Å²) in [4.78, 5) is 35.8. The zero-order valence-electron chi connectivity index (χ0n) is 58.1.